The van der Waals surface area contributed by atoms with Gasteiger partial charge in [0.2, 0.25) is 5.88 Å². The number of nitrogens with one attached hydrogen (secondary N) is 1. The molecular formula is C18H13BrN4O2. The fourth-order valence-corrected chi connectivity index (χ4v) is 3.01. The summed E-state index contributed by atoms with van der Waals surface area (Å²) >= 11 is 3.38. The highest BCUT2D eigenvalue weighted by Crippen LogP contribution is 2.26. The van der Waals surface area contributed by atoms with Crippen molar-refractivity contribution in [1.82, 2.24) is 19.6 Å². The van der Waals surface area contributed by atoms with Gasteiger partial charge in [0.25, 0.3) is 5.56 Å². The summed E-state index contributed by atoms with van der Waals surface area (Å²) in [4.78, 5) is 19.3. The first-order valence-electron chi connectivity index (χ1n) is 7.60. The van der Waals surface area contributed by atoms with Crippen LogP contribution in [0, 0.1) is 0 Å². The lowest BCUT2D eigenvalue weighted by Gasteiger charge is -2.07. The van der Waals surface area contributed by atoms with E-state index in [1.807, 2.05) is 36.4 Å². The first kappa shape index (κ1) is 15.6. The Morgan fingerprint density at radius 2 is 1.84 bits per heavy atom. The molecule has 0 atom stereocenters. The van der Waals surface area contributed by atoms with Gasteiger partial charge in [-0.15, -0.1) is 0 Å². The molecular weight excluding hydrogens is 384 g/mol. The molecule has 3 aromatic heterocycles. The van der Waals surface area contributed by atoms with Gasteiger partial charge in [-0.2, -0.15) is 9.61 Å². The number of hydrogen-bond acceptors (Lipinski definition) is 4. The van der Waals surface area contributed by atoms with Gasteiger partial charge in [-0.05, 0) is 35.4 Å². The molecule has 0 unspecified atom stereocenters. The molecule has 0 aliphatic rings. The second-order valence-electron chi connectivity index (χ2n) is 5.61. The lowest BCUT2D eigenvalue weighted by atomic mass is 10.1. The van der Waals surface area contributed by atoms with Crippen LogP contribution in [-0.2, 0) is 6.42 Å². The van der Waals surface area contributed by atoms with E-state index in [-0.39, 0.29) is 17.0 Å². The molecule has 0 saturated heterocycles. The van der Waals surface area contributed by atoms with Gasteiger partial charge in [-0.1, -0.05) is 28.1 Å². The number of hydrogen-bond donors (Lipinski definition) is 2. The Hall–Kier alpha value is -2.93. The van der Waals surface area contributed by atoms with E-state index in [1.54, 1.807) is 18.6 Å². The molecule has 4 aromatic rings. The predicted molar refractivity (Wildman–Crippen MR) is 97.7 cm³/mol. The molecule has 124 valence electrons. The first-order chi connectivity index (χ1) is 12.1. The zero-order valence-corrected chi connectivity index (χ0v) is 14.6. The SMILES string of the molecule is O=c1[nH]c2c(-c3ccncc3)cnn2c(O)c1Cc1ccc(Br)cc1. The van der Waals surface area contributed by atoms with Crippen molar-refractivity contribution in [3.8, 4) is 17.0 Å². The third-order valence-corrected chi connectivity index (χ3v) is 4.56. The molecule has 0 amide bonds. The minimum absolute atomic E-state index is 0.151. The quantitative estimate of drug-likeness (QED) is 0.557. The van der Waals surface area contributed by atoms with Crippen molar-refractivity contribution < 1.29 is 5.11 Å². The van der Waals surface area contributed by atoms with Crippen molar-refractivity contribution in [1.29, 1.82) is 0 Å². The van der Waals surface area contributed by atoms with Crippen LogP contribution in [0.1, 0.15) is 11.1 Å². The number of pyridine rings is 1. The van der Waals surface area contributed by atoms with Crippen LogP contribution < -0.4 is 5.56 Å². The summed E-state index contributed by atoms with van der Waals surface area (Å²) in [5, 5.41) is 14.8. The minimum atomic E-state index is -0.330. The van der Waals surface area contributed by atoms with E-state index in [4.69, 9.17) is 0 Å². The van der Waals surface area contributed by atoms with E-state index >= 15 is 0 Å². The Morgan fingerprint density at radius 1 is 1.12 bits per heavy atom. The standard InChI is InChI=1S/C18H13BrN4O2/c19-13-3-1-11(2-4-13)9-14-17(24)22-16-15(10-21-23(16)18(14)25)12-5-7-20-8-6-12/h1-8,10,25H,9H2,(H,22,24). The Morgan fingerprint density at radius 3 is 2.56 bits per heavy atom. The van der Waals surface area contributed by atoms with Gasteiger partial charge in [0.05, 0.1) is 11.8 Å². The molecule has 0 bridgehead atoms. The molecule has 0 radical (unpaired) electrons. The van der Waals surface area contributed by atoms with E-state index in [9.17, 15) is 9.90 Å². The number of aromatic amines is 1. The average molecular weight is 397 g/mol. The Bertz CT molecular complexity index is 1100. The van der Waals surface area contributed by atoms with Crippen LogP contribution in [0.3, 0.4) is 0 Å². The fourth-order valence-electron chi connectivity index (χ4n) is 2.75. The highest BCUT2D eigenvalue weighted by molar-refractivity contribution is 9.10. The van der Waals surface area contributed by atoms with Crippen molar-refractivity contribution in [3.63, 3.8) is 0 Å². The maximum absolute atomic E-state index is 12.5. The van der Waals surface area contributed by atoms with Gasteiger partial charge < -0.3 is 10.1 Å². The van der Waals surface area contributed by atoms with Gasteiger partial charge in [0.1, 0.15) is 5.65 Å². The predicted octanol–water partition coefficient (Wildman–Crippen LogP) is 3.14. The molecule has 25 heavy (non-hydrogen) atoms. The molecule has 7 heteroatoms. The third kappa shape index (κ3) is 2.83. The van der Waals surface area contributed by atoms with Crippen LogP contribution in [0.4, 0.5) is 0 Å². The van der Waals surface area contributed by atoms with Crippen LogP contribution in [-0.4, -0.2) is 24.7 Å². The number of aromatic nitrogens is 4. The Balaban J connectivity index is 1.83. The minimum Gasteiger partial charge on any atom is -0.493 e. The lowest BCUT2D eigenvalue weighted by Crippen LogP contribution is -2.16. The fraction of sp³-hybridized carbons (Fsp3) is 0.0556. The lowest BCUT2D eigenvalue weighted by molar-refractivity contribution is 0.428. The Kier molecular flexibility index (Phi) is 3.85. The highest BCUT2D eigenvalue weighted by atomic mass is 79.9. The third-order valence-electron chi connectivity index (χ3n) is 4.03. The Labute approximate surface area is 150 Å². The summed E-state index contributed by atoms with van der Waals surface area (Å²) in [7, 11) is 0. The molecule has 0 aliphatic heterocycles. The molecule has 2 N–H and O–H groups in total. The monoisotopic (exact) mass is 396 g/mol. The summed E-state index contributed by atoms with van der Waals surface area (Å²) < 4.78 is 2.31. The largest absolute Gasteiger partial charge is 0.493 e. The van der Waals surface area contributed by atoms with Crippen molar-refractivity contribution >= 4 is 21.6 Å². The molecule has 1 aromatic carbocycles. The van der Waals surface area contributed by atoms with Crippen LogP contribution in [0.25, 0.3) is 16.8 Å². The second-order valence-corrected chi connectivity index (χ2v) is 6.53. The zero-order chi connectivity index (χ0) is 17.4. The van der Waals surface area contributed by atoms with E-state index in [2.05, 4.69) is 31.0 Å². The molecule has 0 saturated carbocycles. The molecule has 0 spiro atoms. The van der Waals surface area contributed by atoms with Crippen molar-refractivity contribution in [2.24, 2.45) is 0 Å². The number of halogens is 1. The number of H-pyrrole nitrogens is 1. The number of rotatable bonds is 3. The summed E-state index contributed by atoms with van der Waals surface area (Å²) in [6.07, 6.45) is 5.26. The molecule has 3 heterocycles. The van der Waals surface area contributed by atoms with Gasteiger partial charge >= 0.3 is 0 Å². The maximum atomic E-state index is 12.5. The van der Waals surface area contributed by atoms with Crippen molar-refractivity contribution in [2.45, 2.75) is 6.42 Å². The number of nitrogens with zero attached hydrogens (tertiary/aromatic N) is 3. The second kappa shape index (κ2) is 6.18. The number of aromatic hydroxyl groups is 1. The van der Waals surface area contributed by atoms with Gasteiger partial charge in [-0.25, -0.2) is 0 Å². The topological polar surface area (TPSA) is 83.3 Å². The van der Waals surface area contributed by atoms with E-state index < -0.39 is 0 Å². The van der Waals surface area contributed by atoms with Crippen LogP contribution in [0.5, 0.6) is 5.88 Å². The van der Waals surface area contributed by atoms with Gasteiger partial charge in [0.15, 0.2) is 0 Å². The zero-order valence-electron chi connectivity index (χ0n) is 13.0. The molecule has 6 nitrogen and oxygen atoms in total. The van der Waals surface area contributed by atoms with E-state index in [0.717, 1.165) is 21.2 Å². The molecule has 0 aliphatic carbocycles. The highest BCUT2D eigenvalue weighted by Gasteiger charge is 2.16. The summed E-state index contributed by atoms with van der Waals surface area (Å²) in [5.74, 6) is -0.151. The van der Waals surface area contributed by atoms with Gasteiger partial charge in [0, 0.05) is 28.9 Å². The average Bonchev–Trinajstić information content (AvgIpc) is 3.05. The maximum Gasteiger partial charge on any atom is 0.258 e. The summed E-state index contributed by atoms with van der Waals surface area (Å²) in [6.45, 7) is 0. The smallest absolute Gasteiger partial charge is 0.258 e. The normalized spacial score (nSPS) is 11.1. The van der Waals surface area contributed by atoms with Crippen molar-refractivity contribution in [2.75, 3.05) is 0 Å². The summed E-state index contributed by atoms with van der Waals surface area (Å²) in [5.41, 5.74) is 2.91. The van der Waals surface area contributed by atoms with Crippen LogP contribution in [0.2, 0.25) is 0 Å². The van der Waals surface area contributed by atoms with E-state index in [1.165, 1.54) is 4.52 Å². The first-order valence-corrected chi connectivity index (χ1v) is 8.39. The van der Waals surface area contributed by atoms with Gasteiger partial charge in [-0.3, -0.25) is 9.78 Å². The van der Waals surface area contributed by atoms with Crippen molar-refractivity contribution in [3.05, 3.63) is 80.9 Å². The molecule has 4 rings (SSSR count). The van der Waals surface area contributed by atoms with Crippen LogP contribution >= 0.6 is 15.9 Å². The van der Waals surface area contributed by atoms with Crippen LogP contribution in [0.15, 0.2) is 64.3 Å². The summed E-state index contributed by atoms with van der Waals surface area (Å²) in [6, 6.07) is 11.2. The number of benzene rings is 1. The molecule has 0 fully saturated rings. The van der Waals surface area contributed by atoms with E-state index in [0.29, 0.717) is 12.1 Å². The number of fused-ring (bicyclic) bond motifs is 1.